The minimum atomic E-state index is -0.871. The molecule has 1 amide bonds. The number of aliphatic carboxylic acids is 1. The summed E-state index contributed by atoms with van der Waals surface area (Å²) in [6.45, 7) is 7.01. The number of ether oxygens (including phenoxy) is 1. The van der Waals surface area contributed by atoms with Crippen molar-refractivity contribution < 1.29 is 19.4 Å². The van der Waals surface area contributed by atoms with Gasteiger partial charge in [0.05, 0.1) is 5.92 Å². The summed E-state index contributed by atoms with van der Waals surface area (Å²) in [4.78, 5) is 23.0. The van der Waals surface area contributed by atoms with Crippen molar-refractivity contribution in [3.8, 4) is 0 Å². The van der Waals surface area contributed by atoms with Gasteiger partial charge in [-0.25, -0.2) is 4.79 Å². The van der Waals surface area contributed by atoms with Gasteiger partial charge < -0.3 is 15.2 Å². The number of carbonyl (C=O) groups is 2. The fourth-order valence-electron chi connectivity index (χ4n) is 2.09. The Bertz CT molecular complexity index is 493. The van der Waals surface area contributed by atoms with Crippen molar-refractivity contribution in [2.24, 2.45) is 5.92 Å². The monoisotopic (exact) mass is 307 g/mol. The van der Waals surface area contributed by atoms with Crippen LogP contribution in [0.5, 0.6) is 0 Å². The minimum absolute atomic E-state index is 0.289. The first-order valence-electron chi connectivity index (χ1n) is 7.43. The van der Waals surface area contributed by atoms with E-state index >= 15 is 0 Å². The van der Waals surface area contributed by atoms with Gasteiger partial charge in [-0.05, 0) is 39.2 Å². The summed E-state index contributed by atoms with van der Waals surface area (Å²) in [6, 6.07) is 9.37. The number of nitrogens with one attached hydrogen (secondary N) is 1. The highest BCUT2D eigenvalue weighted by atomic mass is 16.6. The fraction of sp³-hybridized carbons (Fsp3) is 0.529. The molecule has 5 heteroatoms. The third-order valence-corrected chi connectivity index (χ3v) is 3.11. The van der Waals surface area contributed by atoms with E-state index in [4.69, 9.17) is 9.84 Å². The van der Waals surface area contributed by atoms with E-state index in [2.05, 4.69) is 5.32 Å². The molecule has 2 atom stereocenters. The Morgan fingerprint density at radius 3 is 2.32 bits per heavy atom. The number of alkyl carbamates (subject to hydrolysis) is 1. The highest BCUT2D eigenvalue weighted by Gasteiger charge is 2.23. The molecule has 5 nitrogen and oxygen atoms in total. The lowest BCUT2D eigenvalue weighted by molar-refractivity contribution is -0.141. The van der Waals surface area contributed by atoms with E-state index in [-0.39, 0.29) is 6.04 Å². The Morgan fingerprint density at radius 2 is 1.82 bits per heavy atom. The number of carbonyl (C=O) groups excluding carboxylic acids is 1. The molecule has 0 aliphatic heterocycles. The number of carboxylic acids is 1. The topological polar surface area (TPSA) is 75.6 Å². The van der Waals surface area contributed by atoms with Gasteiger partial charge in [0.25, 0.3) is 0 Å². The first-order valence-corrected chi connectivity index (χ1v) is 7.43. The van der Waals surface area contributed by atoms with Gasteiger partial charge in [0, 0.05) is 6.04 Å². The van der Waals surface area contributed by atoms with Crippen LogP contribution in [0.2, 0.25) is 0 Å². The molecule has 1 aromatic carbocycles. The Hall–Kier alpha value is -2.04. The number of benzene rings is 1. The van der Waals surface area contributed by atoms with Crippen LogP contribution in [0.1, 0.15) is 39.7 Å². The quantitative estimate of drug-likeness (QED) is 0.846. The van der Waals surface area contributed by atoms with Gasteiger partial charge in [-0.2, -0.15) is 0 Å². The van der Waals surface area contributed by atoms with Crippen molar-refractivity contribution in [2.45, 2.75) is 52.2 Å². The van der Waals surface area contributed by atoms with Crippen molar-refractivity contribution >= 4 is 12.1 Å². The summed E-state index contributed by atoms with van der Waals surface area (Å²) in [5, 5.41) is 11.9. The lowest BCUT2D eigenvalue weighted by Crippen LogP contribution is -2.41. The molecule has 1 aromatic rings. The van der Waals surface area contributed by atoms with Crippen LogP contribution < -0.4 is 5.32 Å². The first-order chi connectivity index (χ1) is 10.2. The molecule has 0 saturated heterocycles. The van der Waals surface area contributed by atoms with Crippen LogP contribution in [0.25, 0.3) is 0 Å². The maximum absolute atomic E-state index is 11.9. The molecule has 0 bridgehead atoms. The van der Waals surface area contributed by atoms with Crippen LogP contribution in [0, 0.1) is 5.92 Å². The standard InChI is InChI=1S/C17H25NO4/c1-12(15(19)20)10-14(11-13-8-6-5-7-9-13)18-16(21)22-17(2,3)4/h5-9,12,14H,10-11H2,1-4H3,(H,18,21)(H,19,20). The Morgan fingerprint density at radius 1 is 1.23 bits per heavy atom. The summed E-state index contributed by atoms with van der Waals surface area (Å²) >= 11 is 0. The fourth-order valence-corrected chi connectivity index (χ4v) is 2.09. The van der Waals surface area contributed by atoms with Crippen molar-refractivity contribution in [1.82, 2.24) is 5.32 Å². The van der Waals surface area contributed by atoms with Gasteiger partial charge in [-0.3, -0.25) is 4.79 Å². The second kappa shape index (κ2) is 7.82. The van der Waals surface area contributed by atoms with Gasteiger partial charge in [0.1, 0.15) is 5.60 Å². The summed E-state index contributed by atoms with van der Waals surface area (Å²) in [5.41, 5.74) is 0.459. The Balaban J connectivity index is 2.73. The molecule has 0 aliphatic carbocycles. The molecule has 0 aliphatic rings. The number of hydrogen-bond acceptors (Lipinski definition) is 3. The molecule has 0 fully saturated rings. The average molecular weight is 307 g/mol. The Labute approximate surface area is 131 Å². The maximum atomic E-state index is 11.9. The largest absolute Gasteiger partial charge is 0.481 e. The third kappa shape index (κ3) is 7.11. The number of amides is 1. The number of rotatable bonds is 6. The average Bonchev–Trinajstić information content (AvgIpc) is 2.37. The highest BCUT2D eigenvalue weighted by molar-refractivity contribution is 5.70. The predicted octanol–water partition coefficient (Wildman–Crippen LogP) is 3.23. The summed E-state index contributed by atoms with van der Waals surface area (Å²) in [6.07, 6.45) is 0.396. The normalized spacial score (nSPS) is 14.0. The molecule has 122 valence electrons. The SMILES string of the molecule is CC(CC(Cc1ccccc1)NC(=O)OC(C)(C)C)C(=O)O. The Kier molecular flexibility index (Phi) is 6.40. The van der Waals surface area contributed by atoms with Crippen molar-refractivity contribution in [2.75, 3.05) is 0 Å². The van der Waals surface area contributed by atoms with Gasteiger partial charge in [-0.15, -0.1) is 0 Å². The molecule has 0 spiro atoms. The number of hydrogen-bond donors (Lipinski definition) is 2. The summed E-state index contributed by atoms with van der Waals surface area (Å²) in [5.74, 6) is -1.41. The zero-order chi connectivity index (χ0) is 16.8. The van der Waals surface area contributed by atoms with Crippen LogP contribution in [0.3, 0.4) is 0 Å². The predicted molar refractivity (Wildman–Crippen MR) is 84.7 cm³/mol. The van der Waals surface area contributed by atoms with Crippen LogP contribution in [0.15, 0.2) is 30.3 Å². The lowest BCUT2D eigenvalue weighted by atomic mass is 9.96. The van der Waals surface area contributed by atoms with E-state index in [0.717, 1.165) is 5.56 Å². The van der Waals surface area contributed by atoms with E-state index < -0.39 is 23.6 Å². The smallest absolute Gasteiger partial charge is 0.407 e. The molecule has 0 saturated carbocycles. The molecular formula is C17H25NO4. The van der Waals surface area contributed by atoms with E-state index in [1.807, 2.05) is 30.3 Å². The van der Waals surface area contributed by atoms with Gasteiger partial charge in [-0.1, -0.05) is 37.3 Å². The molecule has 0 radical (unpaired) electrons. The van der Waals surface area contributed by atoms with Gasteiger partial charge >= 0.3 is 12.1 Å². The molecule has 0 heterocycles. The molecule has 2 unspecified atom stereocenters. The van der Waals surface area contributed by atoms with Crippen LogP contribution in [-0.2, 0) is 16.0 Å². The minimum Gasteiger partial charge on any atom is -0.481 e. The van der Waals surface area contributed by atoms with Crippen LogP contribution in [0.4, 0.5) is 4.79 Å². The van der Waals surface area contributed by atoms with Crippen LogP contribution in [-0.4, -0.2) is 28.8 Å². The molecule has 2 N–H and O–H groups in total. The maximum Gasteiger partial charge on any atom is 0.407 e. The van der Waals surface area contributed by atoms with Gasteiger partial charge in [0.15, 0.2) is 0 Å². The third-order valence-electron chi connectivity index (χ3n) is 3.11. The summed E-state index contributed by atoms with van der Waals surface area (Å²) < 4.78 is 5.25. The molecule has 1 rings (SSSR count). The van der Waals surface area contributed by atoms with E-state index in [9.17, 15) is 9.59 Å². The van der Waals surface area contributed by atoms with E-state index in [1.165, 1.54) is 0 Å². The van der Waals surface area contributed by atoms with E-state index in [0.29, 0.717) is 12.8 Å². The number of carboxylic acid groups (broad SMARTS) is 1. The van der Waals surface area contributed by atoms with E-state index in [1.54, 1.807) is 27.7 Å². The second-order valence-electron chi connectivity index (χ2n) is 6.51. The highest BCUT2D eigenvalue weighted by Crippen LogP contribution is 2.14. The summed E-state index contributed by atoms with van der Waals surface area (Å²) in [7, 11) is 0. The van der Waals surface area contributed by atoms with Crippen molar-refractivity contribution in [3.05, 3.63) is 35.9 Å². The second-order valence-corrected chi connectivity index (χ2v) is 6.51. The molecule has 22 heavy (non-hydrogen) atoms. The lowest BCUT2D eigenvalue weighted by Gasteiger charge is -2.24. The molecular weight excluding hydrogens is 282 g/mol. The van der Waals surface area contributed by atoms with Crippen molar-refractivity contribution in [1.29, 1.82) is 0 Å². The molecule has 0 aromatic heterocycles. The van der Waals surface area contributed by atoms with Crippen molar-refractivity contribution in [3.63, 3.8) is 0 Å². The zero-order valence-electron chi connectivity index (χ0n) is 13.6. The zero-order valence-corrected chi connectivity index (χ0v) is 13.6. The first kappa shape index (κ1) is 18.0. The van der Waals surface area contributed by atoms with Gasteiger partial charge in [0.2, 0.25) is 0 Å². The van der Waals surface area contributed by atoms with Crippen LogP contribution >= 0.6 is 0 Å².